The highest BCUT2D eigenvalue weighted by atomic mass is 32.2. The summed E-state index contributed by atoms with van der Waals surface area (Å²) in [6.07, 6.45) is 2.64. The molecule has 4 rings (SSSR count). The van der Waals surface area contributed by atoms with Crippen LogP contribution in [0, 0.1) is 6.92 Å². The van der Waals surface area contributed by atoms with Gasteiger partial charge in [-0.25, -0.2) is 8.42 Å². The van der Waals surface area contributed by atoms with E-state index in [0.29, 0.717) is 22.9 Å². The zero-order valence-electron chi connectivity index (χ0n) is 17.7. The lowest BCUT2D eigenvalue weighted by molar-refractivity contribution is 0.414. The summed E-state index contributed by atoms with van der Waals surface area (Å²) >= 11 is 0. The Hall–Kier alpha value is -3.39. The minimum Gasteiger partial charge on any atom is -0.497 e. The fraction of sp³-hybridized carbons (Fsp3) is 0.217. The molecule has 2 aromatic carbocycles. The van der Waals surface area contributed by atoms with Gasteiger partial charge in [0.2, 0.25) is 0 Å². The van der Waals surface area contributed by atoms with Crippen molar-refractivity contribution in [1.82, 2.24) is 14.6 Å². The van der Waals surface area contributed by atoms with E-state index in [4.69, 9.17) is 4.74 Å². The Morgan fingerprint density at radius 1 is 0.968 bits per heavy atom. The summed E-state index contributed by atoms with van der Waals surface area (Å²) in [7, 11) is -2.32. The first-order valence-electron chi connectivity index (χ1n) is 9.99. The van der Waals surface area contributed by atoms with Crippen molar-refractivity contribution in [2.75, 3.05) is 11.4 Å². The van der Waals surface area contributed by atoms with Gasteiger partial charge in [0, 0.05) is 6.20 Å². The molecule has 0 N–H and O–H groups in total. The molecule has 2 heterocycles. The highest BCUT2D eigenvalue weighted by Crippen LogP contribution is 2.29. The number of ether oxygens (including phenoxy) is 1. The number of rotatable bonds is 7. The predicted molar refractivity (Wildman–Crippen MR) is 120 cm³/mol. The van der Waals surface area contributed by atoms with Crippen molar-refractivity contribution in [1.29, 1.82) is 0 Å². The molecule has 0 amide bonds. The fourth-order valence-corrected chi connectivity index (χ4v) is 5.01. The number of hydrogen-bond acceptors (Lipinski definition) is 5. The number of methoxy groups -OCH3 is 1. The molecular weight excluding hydrogens is 412 g/mol. The van der Waals surface area contributed by atoms with Gasteiger partial charge in [0.1, 0.15) is 16.5 Å². The third-order valence-corrected chi connectivity index (χ3v) is 7.05. The van der Waals surface area contributed by atoms with E-state index in [9.17, 15) is 8.42 Å². The summed E-state index contributed by atoms with van der Waals surface area (Å²) < 4.78 is 36.0. The molecule has 0 saturated carbocycles. The number of aryl methyl sites for hydroxylation is 2. The van der Waals surface area contributed by atoms with Crippen LogP contribution in [0.3, 0.4) is 0 Å². The first kappa shape index (κ1) is 20.9. The minimum absolute atomic E-state index is 0.115. The molecule has 2 aromatic heterocycles. The van der Waals surface area contributed by atoms with Crippen LogP contribution in [0.5, 0.6) is 5.75 Å². The molecule has 0 atom stereocenters. The summed E-state index contributed by atoms with van der Waals surface area (Å²) in [6.45, 7) is 4.02. The SMILES string of the molecule is CCc1ccc(N(Cc2ccc(OC)cc2)S(=O)(=O)c2cccn3c(C)nnc23)cc1. The summed E-state index contributed by atoms with van der Waals surface area (Å²) in [5, 5.41) is 8.15. The number of benzene rings is 2. The van der Waals surface area contributed by atoms with Crippen LogP contribution in [-0.2, 0) is 23.0 Å². The summed E-state index contributed by atoms with van der Waals surface area (Å²) in [4.78, 5) is 0.115. The second-order valence-corrected chi connectivity index (χ2v) is 9.02. The molecule has 0 aliphatic rings. The van der Waals surface area contributed by atoms with Crippen LogP contribution >= 0.6 is 0 Å². The normalized spacial score (nSPS) is 11.6. The van der Waals surface area contributed by atoms with E-state index < -0.39 is 10.0 Å². The Balaban J connectivity index is 1.83. The van der Waals surface area contributed by atoms with Gasteiger partial charge in [-0.2, -0.15) is 0 Å². The van der Waals surface area contributed by atoms with E-state index in [1.54, 1.807) is 36.8 Å². The van der Waals surface area contributed by atoms with Crippen LogP contribution in [0.25, 0.3) is 5.65 Å². The monoisotopic (exact) mass is 436 g/mol. The van der Waals surface area contributed by atoms with Gasteiger partial charge in [0.15, 0.2) is 5.65 Å². The van der Waals surface area contributed by atoms with Crippen LogP contribution in [0.15, 0.2) is 71.8 Å². The van der Waals surface area contributed by atoms with E-state index in [-0.39, 0.29) is 11.4 Å². The lowest BCUT2D eigenvalue weighted by Crippen LogP contribution is -2.31. The maximum Gasteiger partial charge on any atom is 0.268 e. The number of fused-ring (bicyclic) bond motifs is 1. The standard InChI is InChI=1S/C23H24N4O3S/c1-4-18-7-11-20(12-8-18)27(16-19-9-13-21(30-3)14-10-19)31(28,29)22-6-5-15-26-17(2)24-25-23(22)26/h5-15H,4,16H2,1-3H3. The number of sulfonamides is 1. The van der Waals surface area contributed by atoms with Crippen molar-refractivity contribution >= 4 is 21.4 Å². The average molecular weight is 437 g/mol. The van der Waals surface area contributed by atoms with E-state index >= 15 is 0 Å². The summed E-state index contributed by atoms with van der Waals surface area (Å²) in [6, 6.07) is 18.2. The zero-order chi connectivity index (χ0) is 22.0. The summed E-state index contributed by atoms with van der Waals surface area (Å²) in [5.41, 5.74) is 2.88. The van der Waals surface area contributed by atoms with Crippen LogP contribution < -0.4 is 9.04 Å². The van der Waals surface area contributed by atoms with Crippen molar-refractivity contribution in [2.24, 2.45) is 0 Å². The van der Waals surface area contributed by atoms with E-state index in [0.717, 1.165) is 17.5 Å². The van der Waals surface area contributed by atoms with Gasteiger partial charge < -0.3 is 4.74 Å². The van der Waals surface area contributed by atoms with Gasteiger partial charge in [-0.3, -0.25) is 8.71 Å². The lowest BCUT2D eigenvalue weighted by Gasteiger charge is -2.25. The lowest BCUT2D eigenvalue weighted by atomic mass is 10.1. The fourth-order valence-electron chi connectivity index (χ4n) is 3.44. The molecule has 0 fully saturated rings. The first-order valence-corrected chi connectivity index (χ1v) is 11.4. The molecule has 160 valence electrons. The second-order valence-electron chi connectivity index (χ2n) is 7.19. The highest BCUT2D eigenvalue weighted by molar-refractivity contribution is 7.93. The van der Waals surface area contributed by atoms with Crippen molar-refractivity contribution in [3.05, 3.63) is 83.8 Å². The molecule has 0 radical (unpaired) electrons. The Labute approximate surface area is 182 Å². The molecule has 7 nitrogen and oxygen atoms in total. The Kier molecular flexibility index (Phi) is 5.65. The maximum absolute atomic E-state index is 13.9. The van der Waals surface area contributed by atoms with Gasteiger partial charge in [0.05, 0.1) is 19.3 Å². The Morgan fingerprint density at radius 2 is 1.65 bits per heavy atom. The minimum atomic E-state index is -3.92. The highest BCUT2D eigenvalue weighted by Gasteiger charge is 2.28. The van der Waals surface area contributed by atoms with E-state index in [2.05, 4.69) is 17.1 Å². The molecule has 0 aliphatic heterocycles. The van der Waals surface area contributed by atoms with E-state index in [1.807, 2.05) is 48.5 Å². The molecule has 0 bridgehead atoms. The molecule has 31 heavy (non-hydrogen) atoms. The molecule has 4 aromatic rings. The quantitative estimate of drug-likeness (QED) is 0.438. The average Bonchev–Trinajstić information content (AvgIpc) is 3.18. The topological polar surface area (TPSA) is 76.8 Å². The molecule has 0 spiro atoms. The third-order valence-electron chi connectivity index (χ3n) is 5.26. The molecule has 0 saturated heterocycles. The van der Waals surface area contributed by atoms with Crippen molar-refractivity contribution < 1.29 is 13.2 Å². The summed E-state index contributed by atoms with van der Waals surface area (Å²) in [5.74, 6) is 1.34. The first-order chi connectivity index (χ1) is 14.9. The van der Waals surface area contributed by atoms with Crippen LogP contribution in [0.1, 0.15) is 23.9 Å². The number of nitrogens with zero attached hydrogens (tertiary/aromatic N) is 4. The number of aromatic nitrogens is 3. The van der Waals surface area contributed by atoms with Gasteiger partial charge in [0.25, 0.3) is 10.0 Å². The van der Waals surface area contributed by atoms with Crippen LogP contribution in [0.2, 0.25) is 0 Å². The van der Waals surface area contributed by atoms with Crippen molar-refractivity contribution in [2.45, 2.75) is 31.7 Å². The van der Waals surface area contributed by atoms with E-state index in [1.165, 1.54) is 4.31 Å². The smallest absolute Gasteiger partial charge is 0.268 e. The van der Waals surface area contributed by atoms with Gasteiger partial charge in [-0.05, 0) is 60.9 Å². The zero-order valence-corrected chi connectivity index (χ0v) is 18.5. The molecule has 8 heteroatoms. The Bertz CT molecular complexity index is 1300. The van der Waals surface area contributed by atoms with Gasteiger partial charge in [-0.1, -0.05) is 31.2 Å². The Morgan fingerprint density at radius 3 is 2.29 bits per heavy atom. The predicted octanol–water partition coefficient (Wildman–Crippen LogP) is 4.00. The maximum atomic E-state index is 13.9. The van der Waals surface area contributed by atoms with Gasteiger partial charge in [-0.15, -0.1) is 10.2 Å². The molecule has 0 aliphatic carbocycles. The van der Waals surface area contributed by atoms with Gasteiger partial charge >= 0.3 is 0 Å². The molecular formula is C23H24N4O3S. The molecule has 0 unspecified atom stereocenters. The van der Waals surface area contributed by atoms with Crippen molar-refractivity contribution in [3.63, 3.8) is 0 Å². The third kappa shape index (κ3) is 3.98. The number of anilines is 1. The second kappa shape index (κ2) is 8.39. The number of pyridine rings is 1. The van der Waals surface area contributed by atoms with Crippen LogP contribution in [-0.4, -0.2) is 30.1 Å². The van der Waals surface area contributed by atoms with Crippen LogP contribution in [0.4, 0.5) is 5.69 Å². The largest absolute Gasteiger partial charge is 0.497 e. The number of hydrogen-bond donors (Lipinski definition) is 0. The van der Waals surface area contributed by atoms with Crippen molar-refractivity contribution in [3.8, 4) is 5.75 Å².